The maximum absolute atomic E-state index is 10.4. The molecule has 56 valence electrons. The summed E-state index contributed by atoms with van der Waals surface area (Å²) in [6.45, 7) is 1.97. The van der Waals surface area contributed by atoms with Crippen molar-refractivity contribution in [3.63, 3.8) is 0 Å². The third-order valence-electron chi connectivity index (χ3n) is 1.15. The van der Waals surface area contributed by atoms with E-state index in [1.54, 1.807) is 0 Å². The Morgan fingerprint density at radius 3 is 2.70 bits per heavy atom. The fraction of sp³-hybridized carbons (Fsp3) is 0.667. The van der Waals surface area contributed by atoms with E-state index in [9.17, 15) is 9.59 Å². The molecule has 0 aromatic carbocycles. The van der Waals surface area contributed by atoms with E-state index in [2.05, 4.69) is 5.32 Å². The minimum Gasteiger partial charge on any atom is -0.356 e. The van der Waals surface area contributed by atoms with Crippen molar-refractivity contribution in [1.82, 2.24) is 5.32 Å². The number of aldehydes is 1. The largest absolute Gasteiger partial charge is 0.356 e. The van der Waals surface area contributed by atoms with Gasteiger partial charge in [0.1, 0.15) is 6.29 Å². The Hall–Kier alpha value is -0.795. The molecule has 0 bridgehead atoms. The lowest BCUT2D eigenvalue weighted by atomic mass is 10.1. The van der Waals surface area contributed by atoms with Crippen LogP contribution in [0.15, 0.2) is 0 Å². The van der Waals surface area contributed by atoms with Crippen LogP contribution < -0.4 is 5.32 Å². The van der Waals surface area contributed by atoms with Crippen molar-refractivity contribution in [2.24, 2.45) is 0 Å². The lowest BCUT2D eigenvalue weighted by Gasteiger charge is -2.08. The van der Waals surface area contributed by atoms with E-state index in [-0.39, 0.29) is 11.8 Å². The van der Waals surface area contributed by atoms with Gasteiger partial charge >= 0.3 is 0 Å². The van der Waals surface area contributed by atoms with Crippen LogP contribution in [0.25, 0.3) is 0 Å². The Bertz CT molecular complexity index is 127. The first-order valence-corrected chi connectivity index (χ1v) is 3.43. The molecule has 0 unspecified atom stereocenters. The van der Waals surface area contributed by atoms with Crippen molar-refractivity contribution in [3.8, 4) is 0 Å². The molecule has 0 fully saturated rings. The number of amides is 1. The molecule has 0 spiro atoms. The van der Waals surface area contributed by atoms with Crippen LogP contribution in [0.5, 0.6) is 0 Å². The second-order valence-corrected chi connectivity index (χ2v) is 2.23. The van der Waals surface area contributed by atoms with Gasteiger partial charge in [-0.25, -0.2) is 0 Å². The fourth-order valence-electron chi connectivity index (χ4n) is 0.746. The highest BCUT2D eigenvalue weighted by Crippen LogP contribution is 1.91. The Kier molecular flexibility index (Phi) is 4.63. The molecule has 1 atom stereocenters. The molecule has 0 rings (SSSR count). The van der Waals surface area contributed by atoms with Gasteiger partial charge in [0.25, 0.3) is 0 Å². The van der Waals surface area contributed by atoms with Gasteiger partial charge in [-0.05, 0) is 6.42 Å². The molecular weight excluding hydrogens is 129 g/mol. The zero-order valence-corrected chi connectivity index (χ0v) is 6.39. The third-order valence-corrected chi connectivity index (χ3v) is 1.15. The van der Waals surface area contributed by atoms with E-state index in [1.807, 2.05) is 6.92 Å². The summed E-state index contributed by atoms with van der Waals surface area (Å²) in [5, 5.41) is 2.52. The normalized spacial score (nSPS) is 12.1. The topological polar surface area (TPSA) is 46.2 Å². The zero-order valence-electron chi connectivity index (χ0n) is 6.39. The van der Waals surface area contributed by atoms with E-state index >= 15 is 0 Å². The van der Waals surface area contributed by atoms with E-state index in [0.29, 0.717) is 0 Å². The first-order valence-electron chi connectivity index (χ1n) is 3.43. The Morgan fingerprint density at radius 2 is 2.40 bits per heavy atom. The molecule has 0 aromatic rings. The molecule has 0 saturated carbocycles. The summed E-state index contributed by atoms with van der Waals surface area (Å²) in [5.74, 6) is -0.148. The van der Waals surface area contributed by atoms with Crippen molar-refractivity contribution in [1.29, 1.82) is 0 Å². The van der Waals surface area contributed by atoms with Crippen LogP contribution in [0.3, 0.4) is 0 Å². The quantitative estimate of drug-likeness (QED) is 0.431. The van der Waals surface area contributed by atoms with E-state index in [0.717, 1.165) is 19.1 Å². The molecule has 10 heavy (non-hydrogen) atoms. The molecule has 1 N–H and O–H groups in total. The highest BCUT2D eigenvalue weighted by molar-refractivity contribution is 6.57. The van der Waals surface area contributed by atoms with E-state index < -0.39 is 0 Å². The van der Waals surface area contributed by atoms with Gasteiger partial charge in [0.15, 0.2) is 5.81 Å². The number of rotatable bonds is 4. The van der Waals surface area contributed by atoms with Crippen LogP contribution in [-0.4, -0.2) is 26.0 Å². The van der Waals surface area contributed by atoms with E-state index in [1.165, 1.54) is 7.85 Å². The first kappa shape index (κ1) is 9.20. The van der Waals surface area contributed by atoms with Crippen LogP contribution in [0.4, 0.5) is 4.79 Å². The van der Waals surface area contributed by atoms with Crippen molar-refractivity contribution in [2.45, 2.75) is 25.8 Å². The van der Waals surface area contributed by atoms with Crippen LogP contribution in [0, 0.1) is 0 Å². The summed E-state index contributed by atoms with van der Waals surface area (Å²) >= 11 is 0. The molecule has 0 saturated heterocycles. The van der Waals surface area contributed by atoms with Gasteiger partial charge in [0.05, 0.1) is 6.04 Å². The van der Waals surface area contributed by atoms with Gasteiger partial charge < -0.3 is 10.1 Å². The molecule has 1 amide bonds. The van der Waals surface area contributed by atoms with Gasteiger partial charge in [-0.2, -0.15) is 0 Å². The van der Waals surface area contributed by atoms with Gasteiger partial charge in [0.2, 0.25) is 7.85 Å². The highest BCUT2D eigenvalue weighted by atomic mass is 16.1. The van der Waals surface area contributed by atoms with Crippen molar-refractivity contribution in [2.75, 3.05) is 0 Å². The van der Waals surface area contributed by atoms with Crippen LogP contribution in [-0.2, 0) is 4.79 Å². The number of hydrogen-bond donors (Lipinski definition) is 1. The summed E-state index contributed by atoms with van der Waals surface area (Å²) in [4.78, 5) is 20.6. The molecule has 0 heterocycles. The predicted molar refractivity (Wildman–Crippen MR) is 41.8 cm³/mol. The summed E-state index contributed by atoms with van der Waals surface area (Å²) in [6.07, 6.45) is 2.40. The average molecular weight is 141 g/mol. The smallest absolute Gasteiger partial charge is 0.215 e. The molecule has 0 aliphatic rings. The number of nitrogens with one attached hydrogen (secondary N) is 1. The monoisotopic (exact) mass is 141 g/mol. The predicted octanol–water partition coefficient (Wildman–Crippen LogP) is -0.303. The molecule has 4 heteroatoms. The van der Waals surface area contributed by atoms with Crippen LogP contribution in [0.1, 0.15) is 19.8 Å². The SMILES string of the molecule is BC(=O)N[C@H](C=O)CCC. The first-order chi connectivity index (χ1) is 4.70. The Labute approximate surface area is 61.6 Å². The lowest BCUT2D eigenvalue weighted by molar-refractivity contribution is -0.109. The minimum absolute atomic E-state index is 0.148. The minimum atomic E-state index is -0.289. The molecule has 3 nitrogen and oxygen atoms in total. The number of carbonyl (C=O) groups excluding carboxylic acids is 2. The van der Waals surface area contributed by atoms with Gasteiger partial charge in [-0.3, -0.25) is 4.79 Å². The fourth-order valence-corrected chi connectivity index (χ4v) is 0.746. The zero-order chi connectivity index (χ0) is 7.98. The molecule has 0 radical (unpaired) electrons. The molecule has 0 aliphatic carbocycles. The second kappa shape index (κ2) is 5.03. The van der Waals surface area contributed by atoms with E-state index in [4.69, 9.17) is 0 Å². The second-order valence-electron chi connectivity index (χ2n) is 2.23. The maximum Gasteiger partial charge on any atom is 0.215 e. The lowest BCUT2D eigenvalue weighted by Crippen LogP contribution is -2.34. The maximum atomic E-state index is 10.4. The highest BCUT2D eigenvalue weighted by Gasteiger charge is 2.04. The van der Waals surface area contributed by atoms with Crippen LogP contribution in [0.2, 0.25) is 0 Å². The third kappa shape index (κ3) is 4.12. The van der Waals surface area contributed by atoms with Crippen molar-refractivity contribution in [3.05, 3.63) is 0 Å². The molecule has 0 aliphatic heterocycles. The Balaban J connectivity index is 3.59. The average Bonchev–Trinajstić information content (AvgIpc) is 1.86. The van der Waals surface area contributed by atoms with Crippen molar-refractivity contribution < 1.29 is 9.59 Å². The summed E-state index contributed by atoms with van der Waals surface area (Å²) in [6, 6.07) is -0.289. The Morgan fingerprint density at radius 1 is 1.80 bits per heavy atom. The van der Waals surface area contributed by atoms with Crippen molar-refractivity contribution >= 4 is 19.9 Å². The molecular formula is C6H12BNO2. The standard InChI is InChI=1S/C6H12BNO2/c1-2-3-5(4-9)8-6(7)10/h4-5H,2-3,7H2,1H3,(H,8,10)/t5-/m0/s1. The summed E-state index contributed by atoms with van der Waals surface area (Å²) in [5.41, 5.74) is 0. The molecule has 0 aromatic heterocycles. The summed E-state index contributed by atoms with van der Waals surface area (Å²) in [7, 11) is 1.41. The van der Waals surface area contributed by atoms with Gasteiger partial charge in [-0.1, -0.05) is 13.3 Å². The van der Waals surface area contributed by atoms with Crippen LogP contribution >= 0.6 is 0 Å². The van der Waals surface area contributed by atoms with Gasteiger partial charge in [0, 0.05) is 0 Å². The number of carbonyl (C=O) groups is 2. The number of hydrogen-bond acceptors (Lipinski definition) is 2. The van der Waals surface area contributed by atoms with Gasteiger partial charge in [-0.15, -0.1) is 0 Å². The summed E-state index contributed by atoms with van der Waals surface area (Å²) < 4.78 is 0.